The molecular weight excluding hydrogens is 432 g/mol. The minimum Gasteiger partial charge on any atom is -0.168 e. The van der Waals surface area contributed by atoms with Gasteiger partial charge in [0.15, 0.2) is 0 Å². The second kappa shape index (κ2) is 6.51. The van der Waals surface area contributed by atoms with E-state index in [-0.39, 0.29) is 10.0 Å². The average Bonchev–Trinajstić information content (AvgIpc) is 2.37. The standard InChI is InChI=1S/C16H12BrCl2F3S/c1-15(2,23)10-5-8(3-4-11(10)17)14-12(18)6-9(7-13(14)19)16(20,21)22/h3-7,23H,1-2H3. The van der Waals surface area contributed by atoms with E-state index in [2.05, 4.69) is 28.6 Å². The van der Waals surface area contributed by atoms with Gasteiger partial charge in [0.25, 0.3) is 0 Å². The van der Waals surface area contributed by atoms with Crippen LogP contribution in [0.1, 0.15) is 25.0 Å². The Balaban J connectivity index is 2.64. The molecule has 0 N–H and O–H groups in total. The highest BCUT2D eigenvalue weighted by Crippen LogP contribution is 2.43. The Morgan fingerprint density at radius 2 is 1.52 bits per heavy atom. The van der Waals surface area contributed by atoms with E-state index in [4.69, 9.17) is 23.2 Å². The van der Waals surface area contributed by atoms with Crippen LogP contribution in [0.25, 0.3) is 11.1 Å². The lowest BCUT2D eigenvalue weighted by molar-refractivity contribution is -0.137. The molecule has 0 heterocycles. The van der Waals surface area contributed by atoms with Gasteiger partial charge in [-0.2, -0.15) is 25.8 Å². The third-order valence-corrected chi connectivity index (χ3v) is 4.81. The lowest BCUT2D eigenvalue weighted by Crippen LogP contribution is -2.09. The molecule has 0 aliphatic rings. The zero-order chi connectivity index (χ0) is 17.6. The first-order valence-corrected chi connectivity index (χ1v) is 8.50. The van der Waals surface area contributed by atoms with E-state index in [0.29, 0.717) is 11.1 Å². The third kappa shape index (κ3) is 4.19. The molecule has 0 atom stereocenters. The monoisotopic (exact) mass is 442 g/mol. The molecule has 0 saturated carbocycles. The number of alkyl halides is 3. The number of thiol groups is 1. The molecule has 2 aromatic carbocycles. The Hall–Kier alpha value is -0.360. The molecule has 0 spiro atoms. The summed E-state index contributed by atoms with van der Waals surface area (Å²) in [7, 11) is 0. The van der Waals surface area contributed by atoms with Gasteiger partial charge in [-0.3, -0.25) is 0 Å². The Kier molecular flexibility index (Phi) is 5.37. The summed E-state index contributed by atoms with van der Waals surface area (Å²) in [5.74, 6) is 0. The Morgan fingerprint density at radius 3 is 1.96 bits per heavy atom. The van der Waals surface area contributed by atoms with Crippen LogP contribution in [0.2, 0.25) is 10.0 Å². The first-order chi connectivity index (χ1) is 10.4. The van der Waals surface area contributed by atoms with E-state index in [1.165, 1.54) is 0 Å². The number of hydrogen-bond acceptors (Lipinski definition) is 1. The minimum absolute atomic E-state index is 0.0462. The maximum Gasteiger partial charge on any atom is 0.416 e. The molecular formula is C16H12BrCl2F3S. The molecule has 124 valence electrons. The van der Waals surface area contributed by atoms with Gasteiger partial charge in [0, 0.05) is 14.8 Å². The van der Waals surface area contributed by atoms with E-state index >= 15 is 0 Å². The lowest BCUT2D eigenvalue weighted by atomic mass is 9.96. The van der Waals surface area contributed by atoms with Crippen LogP contribution in [0.15, 0.2) is 34.8 Å². The minimum atomic E-state index is -4.50. The lowest BCUT2D eigenvalue weighted by Gasteiger charge is -2.21. The summed E-state index contributed by atoms with van der Waals surface area (Å²) in [6, 6.07) is 7.13. The molecule has 2 aromatic rings. The van der Waals surface area contributed by atoms with Crippen molar-refractivity contribution in [2.45, 2.75) is 24.8 Å². The molecule has 23 heavy (non-hydrogen) atoms. The van der Waals surface area contributed by atoms with Crippen molar-refractivity contribution in [3.8, 4) is 11.1 Å². The molecule has 0 nitrogen and oxygen atoms in total. The second-order valence-electron chi connectivity index (χ2n) is 5.57. The zero-order valence-electron chi connectivity index (χ0n) is 12.1. The Bertz CT molecular complexity index is 729. The van der Waals surface area contributed by atoms with Gasteiger partial charge in [-0.05, 0) is 49.2 Å². The molecule has 0 bridgehead atoms. The molecule has 0 aliphatic heterocycles. The van der Waals surface area contributed by atoms with Crippen molar-refractivity contribution in [3.63, 3.8) is 0 Å². The molecule has 0 aliphatic carbocycles. The summed E-state index contributed by atoms with van der Waals surface area (Å²) >= 11 is 20.1. The van der Waals surface area contributed by atoms with Crippen molar-refractivity contribution in [2.75, 3.05) is 0 Å². The highest BCUT2D eigenvalue weighted by atomic mass is 79.9. The van der Waals surface area contributed by atoms with Crippen molar-refractivity contribution < 1.29 is 13.2 Å². The van der Waals surface area contributed by atoms with Crippen molar-refractivity contribution >= 4 is 51.8 Å². The maximum absolute atomic E-state index is 12.8. The summed E-state index contributed by atoms with van der Waals surface area (Å²) in [6.07, 6.45) is -4.50. The van der Waals surface area contributed by atoms with Crippen LogP contribution in [-0.4, -0.2) is 0 Å². The van der Waals surface area contributed by atoms with E-state index in [1.807, 2.05) is 19.9 Å². The molecule has 0 aromatic heterocycles. The molecule has 0 amide bonds. The third-order valence-electron chi connectivity index (χ3n) is 3.28. The summed E-state index contributed by atoms with van der Waals surface area (Å²) < 4.78 is 38.9. The number of halogens is 6. The number of benzene rings is 2. The molecule has 0 unspecified atom stereocenters. The van der Waals surface area contributed by atoms with Gasteiger partial charge in [0.2, 0.25) is 0 Å². The average molecular weight is 444 g/mol. The predicted octanol–water partition coefficient (Wildman–Crippen LogP) is 7.61. The van der Waals surface area contributed by atoms with Gasteiger partial charge in [-0.1, -0.05) is 45.2 Å². The Morgan fingerprint density at radius 1 is 1.00 bits per heavy atom. The topological polar surface area (TPSA) is 0 Å². The molecule has 0 fully saturated rings. The maximum atomic E-state index is 12.8. The number of rotatable bonds is 2. The fourth-order valence-electron chi connectivity index (χ4n) is 2.16. The van der Waals surface area contributed by atoms with E-state index in [1.54, 1.807) is 12.1 Å². The molecule has 2 rings (SSSR count). The SMILES string of the molecule is CC(C)(S)c1cc(-c2c(Cl)cc(C(F)(F)F)cc2Cl)ccc1Br. The zero-order valence-corrected chi connectivity index (χ0v) is 16.1. The smallest absolute Gasteiger partial charge is 0.168 e. The Labute approximate surface area is 156 Å². The highest BCUT2D eigenvalue weighted by Gasteiger charge is 2.32. The summed E-state index contributed by atoms with van der Waals surface area (Å²) in [5, 5.41) is -0.0925. The van der Waals surface area contributed by atoms with Gasteiger partial charge in [0.1, 0.15) is 0 Å². The highest BCUT2D eigenvalue weighted by molar-refractivity contribution is 9.10. The van der Waals surface area contributed by atoms with E-state index in [9.17, 15) is 13.2 Å². The van der Waals surface area contributed by atoms with Crippen molar-refractivity contribution in [1.82, 2.24) is 0 Å². The van der Waals surface area contributed by atoms with Crippen LogP contribution in [0, 0.1) is 0 Å². The van der Waals surface area contributed by atoms with Crippen molar-refractivity contribution in [1.29, 1.82) is 0 Å². The fourth-order valence-corrected chi connectivity index (χ4v) is 3.95. The van der Waals surface area contributed by atoms with Crippen LogP contribution in [-0.2, 0) is 10.9 Å². The van der Waals surface area contributed by atoms with Crippen LogP contribution < -0.4 is 0 Å². The van der Waals surface area contributed by atoms with Crippen molar-refractivity contribution in [3.05, 3.63) is 56.0 Å². The second-order valence-corrected chi connectivity index (χ2v) is 8.35. The summed E-state index contributed by atoms with van der Waals surface area (Å²) in [4.78, 5) is 0. The molecule has 0 radical (unpaired) electrons. The van der Waals surface area contributed by atoms with Crippen LogP contribution in [0.4, 0.5) is 13.2 Å². The summed E-state index contributed by atoms with van der Waals surface area (Å²) in [5.41, 5.74) is 1.01. The fraction of sp³-hybridized carbons (Fsp3) is 0.250. The predicted molar refractivity (Wildman–Crippen MR) is 96.6 cm³/mol. The molecule has 0 saturated heterocycles. The molecule has 7 heteroatoms. The van der Waals surface area contributed by atoms with Gasteiger partial charge >= 0.3 is 6.18 Å². The van der Waals surface area contributed by atoms with Gasteiger partial charge in [-0.15, -0.1) is 0 Å². The van der Waals surface area contributed by atoms with Gasteiger partial charge < -0.3 is 0 Å². The summed E-state index contributed by atoms with van der Waals surface area (Å²) in [6.45, 7) is 3.83. The van der Waals surface area contributed by atoms with Gasteiger partial charge in [-0.25, -0.2) is 0 Å². The van der Waals surface area contributed by atoms with Crippen LogP contribution in [0.3, 0.4) is 0 Å². The van der Waals surface area contributed by atoms with Crippen LogP contribution >= 0.6 is 51.8 Å². The number of hydrogen-bond donors (Lipinski definition) is 1. The first-order valence-electron chi connectivity index (χ1n) is 6.50. The normalized spacial score (nSPS) is 12.6. The van der Waals surface area contributed by atoms with Crippen LogP contribution in [0.5, 0.6) is 0 Å². The quantitative estimate of drug-likeness (QED) is 0.453. The first kappa shape index (κ1) is 19.0. The van der Waals surface area contributed by atoms with E-state index < -0.39 is 16.5 Å². The van der Waals surface area contributed by atoms with E-state index in [0.717, 1.165) is 22.2 Å². The van der Waals surface area contributed by atoms with Crippen molar-refractivity contribution in [2.24, 2.45) is 0 Å². The van der Waals surface area contributed by atoms with Gasteiger partial charge in [0.05, 0.1) is 15.6 Å². The largest absolute Gasteiger partial charge is 0.416 e.